The van der Waals surface area contributed by atoms with E-state index in [0.29, 0.717) is 29.0 Å². The van der Waals surface area contributed by atoms with Crippen molar-refractivity contribution >= 4 is 26.9 Å². The molecule has 0 radical (unpaired) electrons. The Morgan fingerprint density at radius 2 is 1.67 bits per heavy atom. The minimum Gasteiger partial charge on any atom is -0.422 e. The van der Waals surface area contributed by atoms with Gasteiger partial charge in [-0.2, -0.15) is 9.29 Å². The van der Waals surface area contributed by atoms with Crippen molar-refractivity contribution in [3.63, 3.8) is 0 Å². The zero-order chi connectivity index (χ0) is 19.0. The van der Waals surface area contributed by atoms with Gasteiger partial charge in [0.25, 0.3) is 0 Å². The molecule has 0 saturated carbocycles. The number of aromatic nitrogens is 3. The van der Waals surface area contributed by atoms with Gasteiger partial charge in [-0.15, -0.1) is 4.73 Å². The molecule has 1 aliphatic rings. The van der Waals surface area contributed by atoms with E-state index < -0.39 is 15.7 Å². The first-order valence-corrected chi connectivity index (χ1v) is 9.79. The number of pyridine rings is 1. The van der Waals surface area contributed by atoms with Crippen molar-refractivity contribution in [1.82, 2.24) is 19.0 Å². The largest absolute Gasteiger partial charge is 0.422 e. The van der Waals surface area contributed by atoms with Crippen LogP contribution in [0.15, 0.2) is 58.4 Å². The number of piperazine rings is 1. The SMILES string of the molecule is O=c1nc(N2CCN(S(=O)(=O)c3ccccc3)CC2)c2cccnc2n1O. The quantitative estimate of drug-likeness (QED) is 0.653. The molecule has 2 aromatic heterocycles. The molecule has 0 spiro atoms. The monoisotopic (exact) mass is 387 g/mol. The number of fused-ring (bicyclic) bond motifs is 1. The Hall–Kier alpha value is -2.98. The fourth-order valence-corrected chi connectivity index (χ4v) is 4.60. The van der Waals surface area contributed by atoms with Crippen molar-refractivity contribution in [2.75, 3.05) is 31.1 Å². The normalized spacial score (nSPS) is 15.9. The van der Waals surface area contributed by atoms with Crippen molar-refractivity contribution in [1.29, 1.82) is 0 Å². The molecular formula is C17H17N5O4S. The highest BCUT2D eigenvalue weighted by Gasteiger charge is 2.29. The average molecular weight is 387 g/mol. The van der Waals surface area contributed by atoms with Gasteiger partial charge in [-0.3, -0.25) is 0 Å². The number of anilines is 1. The Balaban J connectivity index is 1.62. The standard InChI is InChI=1S/C17H17N5O4S/c23-17-19-16(14-7-4-8-18-15(14)22(17)24)20-9-11-21(12-10-20)27(25,26)13-5-2-1-3-6-13/h1-8,24H,9-12H2. The lowest BCUT2D eigenvalue weighted by Crippen LogP contribution is -2.49. The van der Waals surface area contributed by atoms with E-state index in [0.717, 1.165) is 0 Å². The molecule has 1 N–H and O–H groups in total. The zero-order valence-corrected chi connectivity index (χ0v) is 15.1. The Kier molecular flexibility index (Phi) is 4.28. The van der Waals surface area contributed by atoms with E-state index in [-0.39, 0.29) is 23.6 Å². The molecule has 4 rings (SSSR count). The van der Waals surface area contributed by atoms with E-state index in [1.54, 1.807) is 42.5 Å². The second kappa shape index (κ2) is 6.63. The predicted molar refractivity (Wildman–Crippen MR) is 98.4 cm³/mol. The lowest BCUT2D eigenvalue weighted by molar-refractivity contribution is 0.182. The smallest absolute Gasteiger partial charge is 0.384 e. The van der Waals surface area contributed by atoms with E-state index in [1.165, 1.54) is 10.5 Å². The summed E-state index contributed by atoms with van der Waals surface area (Å²) in [5, 5.41) is 10.4. The summed E-state index contributed by atoms with van der Waals surface area (Å²) in [6.07, 6.45) is 1.47. The van der Waals surface area contributed by atoms with Crippen molar-refractivity contribution in [3.8, 4) is 0 Å². The van der Waals surface area contributed by atoms with Crippen LogP contribution in [0.1, 0.15) is 0 Å². The number of benzene rings is 1. The summed E-state index contributed by atoms with van der Waals surface area (Å²) in [5.41, 5.74) is -0.706. The van der Waals surface area contributed by atoms with E-state index in [2.05, 4.69) is 9.97 Å². The molecule has 1 aromatic carbocycles. The minimum atomic E-state index is -3.56. The molecule has 0 aliphatic carbocycles. The van der Waals surface area contributed by atoms with Crippen LogP contribution in [-0.4, -0.2) is 58.8 Å². The first kappa shape index (κ1) is 17.4. The van der Waals surface area contributed by atoms with Crippen LogP contribution in [0.2, 0.25) is 0 Å². The molecule has 1 saturated heterocycles. The second-order valence-electron chi connectivity index (χ2n) is 6.11. The highest BCUT2D eigenvalue weighted by Crippen LogP contribution is 2.24. The topological polar surface area (TPSA) is 109 Å². The first-order valence-electron chi connectivity index (χ1n) is 8.35. The average Bonchev–Trinajstić information content (AvgIpc) is 2.71. The van der Waals surface area contributed by atoms with Crippen LogP contribution in [0, 0.1) is 0 Å². The molecule has 10 heteroatoms. The number of hydrogen-bond donors (Lipinski definition) is 1. The van der Waals surface area contributed by atoms with Gasteiger partial charge >= 0.3 is 5.69 Å². The predicted octanol–water partition coefficient (Wildman–Crippen LogP) is 0.540. The molecule has 3 aromatic rings. The summed E-state index contributed by atoms with van der Waals surface area (Å²) >= 11 is 0. The summed E-state index contributed by atoms with van der Waals surface area (Å²) < 4.78 is 27.3. The summed E-state index contributed by atoms with van der Waals surface area (Å²) in [7, 11) is -3.56. The zero-order valence-electron chi connectivity index (χ0n) is 14.3. The molecule has 0 bridgehead atoms. The molecule has 0 unspecified atom stereocenters. The fourth-order valence-electron chi connectivity index (χ4n) is 3.15. The van der Waals surface area contributed by atoms with E-state index >= 15 is 0 Å². The lowest BCUT2D eigenvalue weighted by atomic mass is 10.2. The Bertz CT molecular complexity index is 1140. The fraction of sp³-hybridized carbons (Fsp3) is 0.235. The Morgan fingerprint density at radius 1 is 0.963 bits per heavy atom. The summed E-state index contributed by atoms with van der Waals surface area (Å²) in [5.74, 6) is 0.394. The Labute approximate surface area is 155 Å². The highest BCUT2D eigenvalue weighted by atomic mass is 32.2. The third kappa shape index (κ3) is 3.02. The van der Waals surface area contributed by atoms with Crippen molar-refractivity contribution in [3.05, 3.63) is 59.1 Å². The number of sulfonamides is 1. The van der Waals surface area contributed by atoms with Gasteiger partial charge in [0.05, 0.1) is 10.3 Å². The molecule has 140 valence electrons. The third-order valence-electron chi connectivity index (χ3n) is 4.53. The van der Waals surface area contributed by atoms with Crippen LogP contribution >= 0.6 is 0 Å². The lowest BCUT2D eigenvalue weighted by Gasteiger charge is -2.34. The van der Waals surface area contributed by atoms with Gasteiger partial charge in [-0.05, 0) is 24.3 Å². The molecule has 1 fully saturated rings. The minimum absolute atomic E-state index is 0.117. The molecule has 0 amide bonds. The number of nitrogens with zero attached hydrogens (tertiary/aromatic N) is 5. The molecule has 27 heavy (non-hydrogen) atoms. The molecule has 0 atom stereocenters. The van der Waals surface area contributed by atoms with Crippen LogP contribution in [0.25, 0.3) is 11.0 Å². The molecule has 9 nitrogen and oxygen atoms in total. The van der Waals surface area contributed by atoms with Gasteiger partial charge in [-0.1, -0.05) is 18.2 Å². The Morgan fingerprint density at radius 3 is 2.37 bits per heavy atom. The molecule has 1 aliphatic heterocycles. The van der Waals surface area contributed by atoms with Gasteiger partial charge < -0.3 is 10.1 Å². The number of rotatable bonds is 3. The summed E-state index contributed by atoms with van der Waals surface area (Å²) in [4.78, 5) is 22.0. The van der Waals surface area contributed by atoms with Gasteiger partial charge in [0.1, 0.15) is 5.82 Å². The summed E-state index contributed by atoms with van der Waals surface area (Å²) in [6, 6.07) is 11.7. The molecular weight excluding hydrogens is 370 g/mol. The van der Waals surface area contributed by atoms with Crippen LogP contribution < -0.4 is 10.6 Å². The van der Waals surface area contributed by atoms with Gasteiger partial charge in [-0.25, -0.2) is 18.2 Å². The van der Waals surface area contributed by atoms with Gasteiger partial charge in [0.2, 0.25) is 10.0 Å². The van der Waals surface area contributed by atoms with E-state index in [4.69, 9.17) is 0 Å². The van der Waals surface area contributed by atoms with Crippen LogP contribution in [0.3, 0.4) is 0 Å². The third-order valence-corrected chi connectivity index (χ3v) is 6.44. The van der Waals surface area contributed by atoms with Crippen LogP contribution in [-0.2, 0) is 10.0 Å². The van der Waals surface area contributed by atoms with Crippen molar-refractivity contribution in [2.45, 2.75) is 4.90 Å². The van der Waals surface area contributed by atoms with Crippen LogP contribution in [0.5, 0.6) is 0 Å². The van der Waals surface area contributed by atoms with Gasteiger partial charge in [0.15, 0.2) is 5.65 Å². The van der Waals surface area contributed by atoms with Crippen molar-refractivity contribution in [2.24, 2.45) is 0 Å². The number of hydrogen-bond acceptors (Lipinski definition) is 7. The van der Waals surface area contributed by atoms with E-state index in [9.17, 15) is 18.4 Å². The maximum absolute atomic E-state index is 12.7. The maximum Gasteiger partial charge on any atom is 0.384 e. The van der Waals surface area contributed by atoms with E-state index in [1.807, 2.05) is 4.90 Å². The van der Waals surface area contributed by atoms with Crippen molar-refractivity contribution < 1.29 is 13.6 Å². The molecule has 3 heterocycles. The summed E-state index contributed by atoms with van der Waals surface area (Å²) in [6.45, 7) is 1.28. The first-order chi connectivity index (χ1) is 13.0. The van der Waals surface area contributed by atoms with Gasteiger partial charge in [0, 0.05) is 32.4 Å². The maximum atomic E-state index is 12.7. The highest BCUT2D eigenvalue weighted by molar-refractivity contribution is 7.89. The second-order valence-corrected chi connectivity index (χ2v) is 8.05. The van der Waals surface area contributed by atoms with Crippen LogP contribution in [0.4, 0.5) is 5.82 Å².